The highest BCUT2D eigenvalue weighted by atomic mass is 35.5. The van der Waals surface area contributed by atoms with E-state index in [0.717, 1.165) is 50.0 Å². The Morgan fingerprint density at radius 1 is 1.24 bits per heavy atom. The molecule has 0 aliphatic carbocycles. The zero-order chi connectivity index (χ0) is 30.2. The maximum Gasteiger partial charge on any atom is 0.214 e. The highest BCUT2D eigenvalue weighted by Crippen LogP contribution is 2.33. The second-order valence-electron chi connectivity index (χ2n) is 10.4. The van der Waals surface area contributed by atoms with Crippen LogP contribution in [0, 0.1) is 12.7 Å². The highest BCUT2D eigenvalue weighted by molar-refractivity contribution is 7.89. The number of benzene rings is 1. The van der Waals surface area contributed by atoms with Gasteiger partial charge in [0.1, 0.15) is 11.6 Å². The van der Waals surface area contributed by atoms with Crippen LogP contribution in [0.1, 0.15) is 49.7 Å². The van der Waals surface area contributed by atoms with E-state index in [1.54, 1.807) is 29.4 Å². The van der Waals surface area contributed by atoms with Crippen molar-refractivity contribution >= 4 is 33.1 Å². The van der Waals surface area contributed by atoms with Crippen molar-refractivity contribution in [3.8, 4) is 0 Å². The van der Waals surface area contributed by atoms with Crippen molar-refractivity contribution in [2.75, 3.05) is 43.8 Å². The molecule has 0 atom stereocenters. The minimum Gasteiger partial charge on any atom is -0.403 e. The van der Waals surface area contributed by atoms with E-state index < -0.39 is 15.8 Å². The van der Waals surface area contributed by atoms with Crippen LogP contribution in [0.5, 0.6) is 0 Å². The molecule has 2 aliphatic heterocycles. The van der Waals surface area contributed by atoms with E-state index in [1.807, 2.05) is 6.92 Å². The topological polar surface area (TPSA) is 141 Å². The van der Waals surface area contributed by atoms with E-state index in [9.17, 15) is 8.42 Å². The van der Waals surface area contributed by atoms with Gasteiger partial charge in [-0.05, 0) is 94.4 Å². The number of amidine groups is 1. The molecule has 13 heteroatoms. The number of likely N-dealkylation sites (tertiary alicyclic amines) is 1. The van der Waals surface area contributed by atoms with Crippen molar-refractivity contribution in [3.05, 3.63) is 76.8 Å². The zero-order valence-electron chi connectivity index (χ0n) is 23.8. The summed E-state index contributed by atoms with van der Waals surface area (Å²) in [6, 6.07) is 3.33. The molecular formula is C28H42ClFN8O2S. The van der Waals surface area contributed by atoms with Gasteiger partial charge in [-0.2, -0.15) is 0 Å². The van der Waals surface area contributed by atoms with Crippen molar-refractivity contribution in [2.45, 2.75) is 45.4 Å². The molecule has 0 unspecified atom stereocenters. The average molecular weight is 609 g/mol. The molecule has 226 valence electrons. The lowest BCUT2D eigenvalue weighted by Gasteiger charge is -2.33. The van der Waals surface area contributed by atoms with Crippen LogP contribution in [0.4, 0.5) is 10.1 Å². The summed E-state index contributed by atoms with van der Waals surface area (Å²) in [5.74, 6) is 5.73. The number of nitrogens with two attached hydrogens (primary N) is 2. The Hall–Kier alpha value is -2.90. The van der Waals surface area contributed by atoms with Gasteiger partial charge in [-0.1, -0.05) is 24.8 Å². The maximum absolute atomic E-state index is 15.2. The summed E-state index contributed by atoms with van der Waals surface area (Å²) < 4.78 is 41.3. The van der Waals surface area contributed by atoms with Crippen LogP contribution in [-0.2, 0) is 10.0 Å². The number of nitrogens with zero attached hydrogens (tertiary/aromatic N) is 3. The number of hydrazine groups is 1. The zero-order valence-corrected chi connectivity index (χ0v) is 25.4. The molecule has 2 aliphatic rings. The number of hydrogen-bond donors (Lipinski definition) is 5. The second kappa shape index (κ2) is 14.8. The van der Waals surface area contributed by atoms with Gasteiger partial charge in [0, 0.05) is 30.7 Å². The first kappa shape index (κ1) is 32.6. The largest absolute Gasteiger partial charge is 0.403 e. The predicted octanol–water partition coefficient (Wildman–Crippen LogP) is 3.53. The molecule has 0 radical (unpaired) electrons. The van der Waals surface area contributed by atoms with Crippen LogP contribution in [0.25, 0.3) is 0 Å². The number of anilines is 1. The summed E-state index contributed by atoms with van der Waals surface area (Å²) in [5.41, 5.74) is 11.4. The molecule has 0 aromatic heterocycles. The van der Waals surface area contributed by atoms with Crippen molar-refractivity contribution in [1.82, 2.24) is 19.9 Å². The Balaban J connectivity index is 1.58. The molecular weight excluding hydrogens is 567 g/mol. The summed E-state index contributed by atoms with van der Waals surface area (Å²) in [6.45, 7) is 15.3. The first-order valence-corrected chi connectivity index (χ1v) is 15.7. The quantitative estimate of drug-likeness (QED) is 0.0753. The number of sulfonamides is 1. The first-order valence-electron chi connectivity index (χ1n) is 13.7. The van der Waals surface area contributed by atoms with Crippen molar-refractivity contribution in [3.63, 3.8) is 0 Å². The maximum atomic E-state index is 15.2. The van der Waals surface area contributed by atoms with Crippen molar-refractivity contribution in [1.29, 1.82) is 0 Å². The van der Waals surface area contributed by atoms with Crippen LogP contribution >= 0.6 is 11.6 Å². The van der Waals surface area contributed by atoms with E-state index in [-0.39, 0.29) is 34.0 Å². The summed E-state index contributed by atoms with van der Waals surface area (Å²) in [5, 5.41) is 5.97. The molecule has 2 heterocycles. The molecule has 3 rings (SSSR count). The Morgan fingerprint density at radius 3 is 2.51 bits per heavy atom. The Kier molecular flexibility index (Phi) is 11.8. The third-order valence-electron chi connectivity index (χ3n) is 7.26. The molecule has 7 N–H and O–H groups in total. The van der Waals surface area contributed by atoms with Crippen molar-refractivity contribution < 1.29 is 12.8 Å². The summed E-state index contributed by atoms with van der Waals surface area (Å²) in [4.78, 5) is 6.63. The lowest BCUT2D eigenvalue weighted by molar-refractivity contribution is 0.212. The molecule has 2 fully saturated rings. The fourth-order valence-electron chi connectivity index (χ4n) is 4.89. The third kappa shape index (κ3) is 9.30. The molecule has 0 amide bonds. The molecule has 2 saturated heterocycles. The number of rotatable bonds is 13. The minimum atomic E-state index is -3.11. The first-order chi connectivity index (χ1) is 19.4. The van der Waals surface area contributed by atoms with E-state index >= 15 is 4.39 Å². The molecule has 1 aromatic rings. The normalized spacial score (nSPS) is 18.1. The van der Waals surface area contributed by atoms with Gasteiger partial charge in [0.2, 0.25) is 10.0 Å². The van der Waals surface area contributed by atoms with Crippen LogP contribution in [0.15, 0.2) is 64.8 Å². The van der Waals surface area contributed by atoms with Gasteiger partial charge in [-0.25, -0.2) is 22.1 Å². The average Bonchev–Trinajstić information content (AvgIpc) is 2.88. The number of hydrogen-bond acceptors (Lipinski definition) is 8. The van der Waals surface area contributed by atoms with E-state index in [2.05, 4.69) is 39.1 Å². The Bertz CT molecular complexity index is 1320. The second-order valence-corrected chi connectivity index (χ2v) is 12.9. The molecule has 0 saturated carbocycles. The molecule has 0 spiro atoms. The smallest absolute Gasteiger partial charge is 0.214 e. The highest BCUT2D eigenvalue weighted by Gasteiger charge is 2.28. The van der Waals surface area contributed by atoms with Gasteiger partial charge in [-0.15, -0.1) is 0 Å². The molecule has 10 nitrogen and oxygen atoms in total. The fraction of sp³-hybridized carbons (Fsp3) is 0.464. The van der Waals surface area contributed by atoms with Gasteiger partial charge < -0.3 is 26.7 Å². The number of allylic oxidation sites excluding steroid dienone is 2. The van der Waals surface area contributed by atoms with Gasteiger partial charge in [0.15, 0.2) is 5.84 Å². The predicted molar refractivity (Wildman–Crippen MR) is 166 cm³/mol. The van der Waals surface area contributed by atoms with Crippen LogP contribution in [0.3, 0.4) is 0 Å². The van der Waals surface area contributed by atoms with Crippen molar-refractivity contribution in [2.24, 2.45) is 16.6 Å². The summed E-state index contributed by atoms with van der Waals surface area (Å²) in [6.07, 6.45) is 6.18. The number of aliphatic imine (C=N–C) groups is 1. The van der Waals surface area contributed by atoms with Gasteiger partial charge in [0.05, 0.1) is 16.5 Å². The number of nitrogens with one attached hydrogen (secondary N) is 3. The lowest BCUT2D eigenvalue weighted by atomic mass is 9.86. The van der Waals surface area contributed by atoms with E-state index in [1.165, 1.54) is 6.20 Å². The number of aryl methyl sites for hydroxylation is 1. The SMILES string of the molecule is C=C(/C=C(/C)NN)NC(=NC(=C)Nc1cc(C)c(C2CCN(CCCS(=O)(=O)N3CCC3)CC2)cc1F)/C(Cl)=C\N. The third-order valence-corrected chi connectivity index (χ3v) is 9.53. The molecule has 0 bridgehead atoms. The standard InChI is InChI=1S/C28H42ClFN8O2S/c1-19-15-27(34-22(4)35-28(25(29)18-31)33-20(2)16-21(3)36-32)26(30)17-24(19)23-7-12-37(13-8-23)9-6-14-41(39,40)38-10-5-11-38/h15-18,23,34,36H,2,4-14,31-32H2,1,3H3,(H,33,35)/b21-16-,25-18+. The molecule has 41 heavy (non-hydrogen) atoms. The Morgan fingerprint density at radius 2 is 1.93 bits per heavy atom. The lowest BCUT2D eigenvalue weighted by Crippen LogP contribution is -2.43. The summed E-state index contributed by atoms with van der Waals surface area (Å²) >= 11 is 6.20. The number of halogens is 2. The van der Waals surface area contributed by atoms with Gasteiger partial charge in [-0.3, -0.25) is 5.84 Å². The van der Waals surface area contributed by atoms with E-state index in [0.29, 0.717) is 30.9 Å². The van der Waals surface area contributed by atoms with Crippen LogP contribution in [0.2, 0.25) is 0 Å². The Labute approximate surface area is 248 Å². The van der Waals surface area contributed by atoms with Gasteiger partial charge in [0.25, 0.3) is 0 Å². The monoisotopic (exact) mass is 608 g/mol. The van der Waals surface area contributed by atoms with Gasteiger partial charge >= 0.3 is 0 Å². The van der Waals surface area contributed by atoms with E-state index in [4.69, 9.17) is 23.2 Å². The van der Waals surface area contributed by atoms with Crippen LogP contribution < -0.4 is 27.6 Å². The summed E-state index contributed by atoms with van der Waals surface area (Å²) in [7, 11) is -3.11. The number of piperidine rings is 1. The molecule has 1 aromatic carbocycles. The van der Waals surface area contributed by atoms with Crippen LogP contribution in [-0.4, -0.2) is 61.9 Å². The fourth-order valence-corrected chi connectivity index (χ4v) is 6.55. The minimum absolute atomic E-state index is 0.122.